The zero-order valence-corrected chi connectivity index (χ0v) is 19.6. The van der Waals surface area contributed by atoms with Crippen LogP contribution in [-0.4, -0.2) is 29.2 Å². The largest absolute Gasteiger partial charge is 0.373 e. The van der Waals surface area contributed by atoms with Gasteiger partial charge in [0.2, 0.25) is 0 Å². The van der Waals surface area contributed by atoms with Crippen LogP contribution in [0, 0.1) is 11.3 Å². The highest BCUT2D eigenvalue weighted by molar-refractivity contribution is 6.30. The van der Waals surface area contributed by atoms with E-state index in [0.717, 1.165) is 0 Å². The monoisotopic (exact) mass is 482 g/mol. The quantitative estimate of drug-likeness (QED) is 0.419. The van der Waals surface area contributed by atoms with Gasteiger partial charge in [-0.2, -0.15) is 5.26 Å². The maximum Gasteiger partial charge on any atom is 0.251 e. The van der Waals surface area contributed by atoms with Crippen molar-refractivity contribution in [3.63, 3.8) is 0 Å². The summed E-state index contributed by atoms with van der Waals surface area (Å²) in [6.07, 6.45) is 4.74. The Morgan fingerprint density at radius 1 is 1.09 bits per heavy atom. The summed E-state index contributed by atoms with van der Waals surface area (Å²) in [7, 11) is 3.44. The predicted octanol–water partition coefficient (Wildman–Crippen LogP) is 3.54. The number of rotatable bonds is 4. The number of imidazole rings is 1. The van der Waals surface area contributed by atoms with Gasteiger partial charge in [-0.15, -0.1) is 0 Å². The highest BCUT2D eigenvalue weighted by Gasteiger charge is 2.38. The van der Waals surface area contributed by atoms with Gasteiger partial charge in [-0.1, -0.05) is 29.8 Å². The van der Waals surface area contributed by atoms with E-state index in [4.69, 9.17) is 11.6 Å². The van der Waals surface area contributed by atoms with Crippen molar-refractivity contribution in [3.05, 3.63) is 111 Å². The summed E-state index contributed by atoms with van der Waals surface area (Å²) >= 11 is 6.11. The molecule has 5 rings (SSSR count). The van der Waals surface area contributed by atoms with Gasteiger partial charge in [0.05, 0.1) is 41.3 Å². The molecule has 35 heavy (non-hydrogen) atoms. The zero-order chi connectivity index (χ0) is 24.7. The van der Waals surface area contributed by atoms with E-state index in [1.165, 1.54) is 10.6 Å². The Balaban J connectivity index is 1.84. The molecule has 0 spiro atoms. The minimum atomic E-state index is -1.67. The Labute approximate surface area is 205 Å². The number of halogens is 1. The van der Waals surface area contributed by atoms with E-state index >= 15 is 0 Å². The topological polar surface area (TPSA) is 110 Å². The molecular weight excluding hydrogens is 464 g/mol. The number of aliphatic hydroxyl groups is 1. The second-order valence-corrected chi connectivity index (χ2v) is 8.61. The third-order valence-electron chi connectivity index (χ3n) is 6.09. The van der Waals surface area contributed by atoms with Crippen LogP contribution in [0.5, 0.6) is 0 Å². The Morgan fingerprint density at radius 2 is 1.86 bits per heavy atom. The van der Waals surface area contributed by atoms with E-state index in [2.05, 4.69) is 15.0 Å². The van der Waals surface area contributed by atoms with Crippen LogP contribution in [0.1, 0.15) is 22.6 Å². The predicted molar refractivity (Wildman–Crippen MR) is 132 cm³/mol. The third-order valence-corrected chi connectivity index (χ3v) is 6.34. The molecule has 1 atom stereocenters. The first-order valence-corrected chi connectivity index (χ1v) is 11.0. The molecule has 4 aromatic heterocycles. The van der Waals surface area contributed by atoms with E-state index < -0.39 is 5.60 Å². The van der Waals surface area contributed by atoms with Gasteiger partial charge < -0.3 is 14.2 Å². The van der Waals surface area contributed by atoms with Crippen molar-refractivity contribution >= 4 is 22.5 Å². The van der Waals surface area contributed by atoms with Gasteiger partial charge in [0.25, 0.3) is 5.56 Å². The summed E-state index contributed by atoms with van der Waals surface area (Å²) in [5.41, 5.74) is 1.26. The van der Waals surface area contributed by atoms with E-state index in [-0.39, 0.29) is 11.3 Å². The smallest absolute Gasteiger partial charge is 0.251 e. The molecule has 172 valence electrons. The Hall–Kier alpha value is -4.32. The van der Waals surface area contributed by atoms with Crippen LogP contribution in [0.3, 0.4) is 0 Å². The summed E-state index contributed by atoms with van der Waals surface area (Å²) in [5, 5.41) is 22.7. The Bertz CT molecular complexity index is 1680. The molecule has 1 N–H and O–H groups in total. The number of fused-ring (bicyclic) bond motifs is 1. The number of aryl methyl sites for hydroxylation is 2. The first-order chi connectivity index (χ1) is 16.8. The van der Waals surface area contributed by atoms with Crippen LogP contribution >= 0.6 is 11.6 Å². The first-order valence-electron chi connectivity index (χ1n) is 10.7. The van der Waals surface area contributed by atoms with Gasteiger partial charge in [0.1, 0.15) is 11.8 Å². The Kier molecular flexibility index (Phi) is 5.44. The fourth-order valence-electron chi connectivity index (χ4n) is 4.23. The van der Waals surface area contributed by atoms with Crippen LogP contribution in [0.4, 0.5) is 0 Å². The van der Waals surface area contributed by atoms with E-state index in [9.17, 15) is 15.2 Å². The van der Waals surface area contributed by atoms with Gasteiger partial charge in [-0.3, -0.25) is 9.78 Å². The van der Waals surface area contributed by atoms with E-state index in [1.54, 1.807) is 85.9 Å². The van der Waals surface area contributed by atoms with Gasteiger partial charge in [0, 0.05) is 36.1 Å². The fraction of sp³-hybridized carbons (Fsp3) is 0.115. The lowest BCUT2D eigenvalue weighted by Gasteiger charge is -2.29. The summed E-state index contributed by atoms with van der Waals surface area (Å²) in [5.74, 6) is 0. The number of pyridine rings is 3. The first kappa shape index (κ1) is 22.5. The molecule has 0 bridgehead atoms. The summed E-state index contributed by atoms with van der Waals surface area (Å²) in [6, 6.07) is 17.2. The number of hydrogen-bond acceptors (Lipinski definition) is 6. The normalized spacial score (nSPS) is 12.9. The van der Waals surface area contributed by atoms with Crippen molar-refractivity contribution in [1.82, 2.24) is 24.1 Å². The lowest BCUT2D eigenvalue weighted by Crippen LogP contribution is -2.32. The SMILES string of the molecule is Cn1cncc1C(O)(c1ccc(Cl)cc1)c1cc2c(-c3cccc(C#N)n3)cc(=O)n(C)c2cn1. The molecule has 1 unspecified atom stereocenters. The van der Waals surface area contributed by atoms with Crippen LogP contribution in [-0.2, 0) is 19.7 Å². The van der Waals surface area contributed by atoms with Crippen molar-refractivity contribution in [2.75, 3.05) is 0 Å². The average molecular weight is 483 g/mol. The van der Waals surface area contributed by atoms with Crippen molar-refractivity contribution in [3.8, 4) is 17.3 Å². The lowest BCUT2D eigenvalue weighted by molar-refractivity contribution is 0.113. The summed E-state index contributed by atoms with van der Waals surface area (Å²) in [4.78, 5) is 25.9. The molecule has 0 aliphatic heterocycles. The third kappa shape index (κ3) is 3.67. The second kappa shape index (κ2) is 8.47. The molecule has 0 fully saturated rings. The maximum absolute atomic E-state index is 12.7. The molecular formula is C26H19ClN6O2. The molecule has 0 saturated heterocycles. The number of aromatic nitrogens is 5. The Morgan fingerprint density at radius 3 is 2.54 bits per heavy atom. The van der Waals surface area contributed by atoms with Crippen molar-refractivity contribution in [2.45, 2.75) is 5.60 Å². The molecule has 4 heterocycles. The molecule has 0 aliphatic rings. The minimum absolute atomic E-state index is 0.234. The molecule has 0 saturated carbocycles. The number of nitriles is 1. The number of benzene rings is 1. The van der Waals surface area contributed by atoms with Crippen molar-refractivity contribution < 1.29 is 5.11 Å². The van der Waals surface area contributed by atoms with E-state index in [1.807, 2.05) is 6.07 Å². The standard InChI is InChI=1S/C26H19ClN6O2/c1-32-15-29-14-24(32)26(35,16-6-8-17(27)9-7-16)23-10-20-19(21-5-3-4-18(12-28)31-21)11-25(34)33(2)22(20)13-30-23/h3-11,13-15,35H,1-2H3. The number of nitrogens with zero attached hydrogens (tertiary/aromatic N) is 6. The molecule has 5 aromatic rings. The minimum Gasteiger partial charge on any atom is -0.373 e. The van der Waals surface area contributed by atoms with Crippen LogP contribution < -0.4 is 5.56 Å². The highest BCUT2D eigenvalue weighted by Crippen LogP contribution is 2.38. The molecule has 1 aromatic carbocycles. The average Bonchev–Trinajstić information content (AvgIpc) is 3.32. The maximum atomic E-state index is 12.7. The summed E-state index contributed by atoms with van der Waals surface area (Å²) in [6.45, 7) is 0. The van der Waals surface area contributed by atoms with Gasteiger partial charge in [-0.25, -0.2) is 9.97 Å². The summed E-state index contributed by atoms with van der Waals surface area (Å²) < 4.78 is 3.20. The van der Waals surface area contributed by atoms with Crippen molar-refractivity contribution in [2.24, 2.45) is 14.1 Å². The zero-order valence-electron chi connectivity index (χ0n) is 18.8. The van der Waals surface area contributed by atoms with Crippen LogP contribution in [0.15, 0.2) is 78.1 Å². The van der Waals surface area contributed by atoms with Crippen LogP contribution in [0.2, 0.25) is 5.02 Å². The van der Waals surface area contributed by atoms with E-state index in [0.29, 0.717) is 44.1 Å². The lowest BCUT2D eigenvalue weighted by atomic mass is 9.86. The molecule has 0 aliphatic carbocycles. The van der Waals surface area contributed by atoms with Gasteiger partial charge >= 0.3 is 0 Å². The van der Waals surface area contributed by atoms with Gasteiger partial charge in [0.15, 0.2) is 5.60 Å². The molecule has 8 nitrogen and oxygen atoms in total. The molecule has 9 heteroatoms. The number of hydrogen-bond donors (Lipinski definition) is 1. The highest BCUT2D eigenvalue weighted by atomic mass is 35.5. The van der Waals surface area contributed by atoms with Crippen molar-refractivity contribution in [1.29, 1.82) is 5.26 Å². The second-order valence-electron chi connectivity index (χ2n) is 8.17. The molecule has 0 amide bonds. The van der Waals surface area contributed by atoms with Gasteiger partial charge in [-0.05, 0) is 35.9 Å². The van der Waals surface area contributed by atoms with Crippen LogP contribution in [0.25, 0.3) is 22.2 Å². The fourth-order valence-corrected chi connectivity index (χ4v) is 4.35. The molecule has 0 radical (unpaired) electrons.